The van der Waals surface area contributed by atoms with Crippen LogP contribution in [0.1, 0.15) is 82.6 Å². The summed E-state index contributed by atoms with van der Waals surface area (Å²) in [6.45, 7) is 0.825. The second kappa shape index (κ2) is 9.64. The molecule has 1 aromatic rings. The van der Waals surface area contributed by atoms with Gasteiger partial charge in [-0.25, -0.2) is 0 Å². The average Bonchev–Trinajstić information content (AvgIpc) is 2.82. The fourth-order valence-corrected chi connectivity index (χ4v) is 8.39. The van der Waals surface area contributed by atoms with Gasteiger partial charge in [-0.05, 0) is 107 Å². The fraction of sp³-hybridized carbons (Fsp3) is 0.724. The van der Waals surface area contributed by atoms with Crippen LogP contribution in [0.4, 0.5) is 0 Å². The number of nitrogens with zero attached hydrogens (tertiary/aromatic N) is 1. The Kier molecular flexibility index (Phi) is 6.76. The van der Waals surface area contributed by atoms with Crippen molar-refractivity contribution in [2.24, 2.45) is 23.2 Å². The first-order valence-corrected chi connectivity index (χ1v) is 13.6. The molecular formula is C29H43N3O2. The highest BCUT2D eigenvalue weighted by Crippen LogP contribution is 2.59. The van der Waals surface area contributed by atoms with Crippen LogP contribution in [0.25, 0.3) is 0 Å². The van der Waals surface area contributed by atoms with Crippen LogP contribution in [0.15, 0.2) is 30.3 Å². The molecule has 186 valence electrons. The molecule has 0 unspecified atom stereocenters. The van der Waals surface area contributed by atoms with E-state index >= 15 is 0 Å². The maximum Gasteiger partial charge on any atom is 0.220 e. The second-order valence-corrected chi connectivity index (χ2v) is 12.3. The number of carbonyl (C=O) groups is 2. The van der Waals surface area contributed by atoms with E-state index in [2.05, 4.69) is 60.0 Å². The zero-order chi connectivity index (χ0) is 23.8. The van der Waals surface area contributed by atoms with E-state index in [-0.39, 0.29) is 23.4 Å². The van der Waals surface area contributed by atoms with Crippen LogP contribution in [-0.2, 0) is 15.1 Å². The quantitative estimate of drug-likeness (QED) is 0.589. The Bertz CT molecular complexity index is 837. The van der Waals surface area contributed by atoms with Gasteiger partial charge in [0.2, 0.25) is 11.8 Å². The van der Waals surface area contributed by atoms with E-state index in [4.69, 9.17) is 0 Å². The van der Waals surface area contributed by atoms with Crippen molar-refractivity contribution < 1.29 is 9.59 Å². The summed E-state index contributed by atoms with van der Waals surface area (Å²) in [7, 11) is 4.32. The zero-order valence-corrected chi connectivity index (χ0v) is 21.2. The van der Waals surface area contributed by atoms with Crippen LogP contribution in [0.5, 0.6) is 0 Å². The molecule has 5 aliphatic carbocycles. The molecule has 0 atom stereocenters. The van der Waals surface area contributed by atoms with Gasteiger partial charge < -0.3 is 10.6 Å². The van der Waals surface area contributed by atoms with E-state index < -0.39 is 0 Å². The lowest BCUT2D eigenvalue weighted by Crippen LogP contribution is -2.51. The van der Waals surface area contributed by atoms with Gasteiger partial charge in [0, 0.05) is 31.0 Å². The SMILES string of the molecule is CN(C)C1(c2ccccc2)CCC(NC(=O)CCC(=O)NCC23CC4CC(CC(C4)C2)C3)CC1. The molecule has 0 aliphatic heterocycles. The predicted octanol–water partition coefficient (Wildman–Crippen LogP) is 4.62. The van der Waals surface area contributed by atoms with E-state index in [1.807, 2.05) is 0 Å². The van der Waals surface area contributed by atoms with Crippen molar-refractivity contribution >= 4 is 11.8 Å². The molecule has 0 heterocycles. The van der Waals surface area contributed by atoms with Gasteiger partial charge in [-0.1, -0.05) is 30.3 Å². The maximum atomic E-state index is 12.6. The molecule has 0 aromatic heterocycles. The van der Waals surface area contributed by atoms with Gasteiger partial charge in [-0.2, -0.15) is 0 Å². The van der Waals surface area contributed by atoms with Crippen molar-refractivity contribution in [2.75, 3.05) is 20.6 Å². The summed E-state index contributed by atoms with van der Waals surface area (Å²) >= 11 is 0. The number of rotatable bonds is 8. The fourth-order valence-electron chi connectivity index (χ4n) is 8.39. The molecule has 34 heavy (non-hydrogen) atoms. The minimum Gasteiger partial charge on any atom is -0.356 e. The first-order valence-electron chi connectivity index (χ1n) is 13.6. The third-order valence-corrected chi connectivity index (χ3v) is 9.75. The molecule has 2 N–H and O–H groups in total. The van der Waals surface area contributed by atoms with Crippen molar-refractivity contribution in [1.29, 1.82) is 0 Å². The van der Waals surface area contributed by atoms with Gasteiger partial charge in [-0.15, -0.1) is 0 Å². The maximum absolute atomic E-state index is 12.6. The van der Waals surface area contributed by atoms with Crippen molar-refractivity contribution in [3.63, 3.8) is 0 Å². The van der Waals surface area contributed by atoms with Crippen molar-refractivity contribution in [2.45, 2.75) is 88.6 Å². The molecule has 0 spiro atoms. The molecule has 5 saturated carbocycles. The van der Waals surface area contributed by atoms with Crippen molar-refractivity contribution in [1.82, 2.24) is 15.5 Å². The summed E-state index contributed by atoms with van der Waals surface area (Å²) in [5.74, 6) is 2.77. The lowest BCUT2D eigenvalue weighted by Gasteiger charge is -2.56. The zero-order valence-electron chi connectivity index (χ0n) is 21.2. The number of hydrogen-bond acceptors (Lipinski definition) is 3. The standard InChI is InChI=1S/C29H43N3O2/c1-32(2)29(24-6-4-3-5-7-24)12-10-25(11-13-29)31-27(34)9-8-26(33)30-20-28-17-21-14-22(18-28)16-23(15-21)19-28/h3-7,21-23,25H,8-20H2,1-2H3,(H,30,33)(H,31,34). The normalized spacial score (nSPS) is 36.4. The van der Waals surface area contributed by atoms with Crippen LogP contribution in [0.3, 0.4) is 0 Å². The van der Waals surface area contributed by atoms with Crippen LogP contribution < -0.4 is 10.6 Å². The molecule has 4 bridgehead atoms. The molecule has 5 heteroatoms. The minimum atomic E-state index is 0.0204. The van der Waals surface area contributed by atoms with E-state index in [0.29, 0.717) is 18.3 Å². The smallest absolute Gasteiger partial charge is 0.220 e. The van der Waals surface area contributed by atoms with Crippen LogP contribution >= 0.6 is 0 Å². The topological polar surface area (TPSA) is 61.4 Å². The van der Waals surface area contributed by atoms with Gasteiger partial charge in [-0.3, -0.25) is 14.5 Å². The van der Waals surface area contributed by atoms with Crippen molar-refractivity contribution in [3.8, 4) is 0 Å². The number of benzene rings is 1. The average molecular weight is 466 g/mol. The molecule has 6 rings (SSSR count). The van der Waals surface area contributed by atoms with Crippen molar-refractivity contribution in [3.05, 3.63) is 35.9 Å². The van der Waals surface area contributed by atoms with Crippen LogP contribution in [-0.4, -0.2) is 43.4 Å². The van der Waals surface area contributed by atoms with E-state index in [1.165, 1.54) is 44.1 Å². The molecule has 0 radical (unpaired) electrons. The van der Waals surface area contributed by atoms with E-state index in [9.17, 15) is 9.59 Å². The minimum absolute atomic E-state index is 0.0204. The Morgan fingerprint density at radius 2 is 1.44 bits per heavy atom. The Labute approximate surface area is 205 Å². The molecular weight excluding hydrogens is 422 g/mol. The monoisotopic (exact) mass is 465 g/mol. The van der Waals surface area contributed by atoms with Gasteiger partial charge >= 0.3 is 0 Å². The Morgan fingerprint density at radius 1 is 0.882 bits per heavy atom. The Morgan fingerprint density at radius 3 is 2.00 bits per heavy atom. The number of amides is 2. The first kappa shape index (κ1) is 23.8. The van der Waals surface area contributed by atoms with E-state index in [0.717, 1.165) is 50.0 Å². The molecule has 5 aliphatic rings. The summed E-state index contributed by atoms with van der Waals surface area (Å²) in [5, 5.41) is 6.43. The molecule has 2 amide bonds. The second-order valence-electron chi connectivity index (χ2n) is 12.3. The predicted molar refractivity (Wildman–Crippen MR) is 135 cm³/mol. The van der Waals surface area contributed by atoms with Gasteiger partial charge in [0.1, 0.15) is 0 Å². The summed E-state index contributed by atoms with van der Waals surface area (Å²) in [4.78, 5) is 27.5. The van der Waals surface area contributed by atoms with Gasteiger partial charge in [0.15, 0.2) is 0 Å². The highest BCUT2D eigenvalue weighted by atomic mass is 16.2. The summed E-state index contributed by atoms with van der Waals surface area (Å²) in [6.07, 6.45) is 12.8. The molecule has 1 aromatic carbocycles. The highest BCUT2D eigenvalue weighted by molar-refractivity contribution is 5.83. The van der Waals surface area contributed by atoms with Gasteiger partial charge in [0.25, 0.3) is 0 Å². The molecule has 0 saturated heterocycles. The Balaban J connectivity index is 1.04. The van der Waals surface area contributed by atoms with Gasteiger partial charge in [0.05, 0.1) is 0 Å². The Hall–Kier alpha value is -1.88. The van der Waals surface area contributed by atoms with E-state index in [1.54, 1.807) is 0 Å². The molecule has 5 nitrogen and oxygen atoms in total. The largest absolute Gasteiger partial charge is 0.356 e. The third kappa shape index (κ3) is 4.91. The highest BCUT2D eigenvalue weighted by Gasteiger charge is 2.50. The lowest BCUT2D eigenvalue weighted by atomic mass is 9.49. The number of hydrogen-bond donors (Lipinski definition) is 2. The first-order chi connectivity index (χ1) is 16.4. The molecule has 5 fully saturated rings. The summed E-state index contributed by atoms with van der Waals surface area (Å²) in [6, 6.07) is 10.9. The third-order valence-electron chi connectivity index (χ3n) is 9.75. The number of nitrogens with one attached hydrogen (secondary N) is 2. The van der Waals surface area contributed by atoms with Crippen LogP contribution in [0.2, 0.25) is 0 Å². The summed E-state index contributed by atoms with van der Waals surface area (Å²) < 4.78 is 0. The van der Waals surface area contributed by atoms with Crippen LogP contribution in [0, 0.1) is 23.2 Å². The summed E-state index contributed by atoms with van der Waals surface area (Å²) in [5.41, 5.74) is 1.76. The number of carbonyl (C=O) groups excluding carboxylic acids is 2. The lowest BCUT2D eigenvalue weighted by molar-refractivity contribution is -0.128.